The summed E-state index contributed by atoms with van der Waals surface area (Å²) in [6, 6.07) is 14.0. The van der Waals surface area contributed by atoms with E-state index in [0.717, 1.165) is 28.8 Å². The third-order valence-corrected chi connectivity index (χ3v) is 6.35. The Morgan fingerprint density at radius 1 is 1.00 bits per heavy atom. The van der Waals surface area contributed by atoms with Gasteiger partial charge in [0.15, 0.2) is 5.78 Å². The van der Waals surface area contributed by atoms with E-state index in [2.05, 4.69) is 36.5 Å². The number of Topliss-reactive ketones (excluding diaryl/α,β-unsaturated/α-hetero) is 1. The number of hydrogen-bond donors (Lipinski definition) is 1. The number of benzene rings is 2. The summed E-state index contributed by atoms with van der Waals surface area (Å²) in [5.41, 5.74) is 4.80. The molecule has 0 radical (unpaired) electrons. The molecule has 0 saturated heterocycles. The van der Waals surface area contributed by atoms with E-state index in [9.17, 15) is 9.59 Å². The third kappa shape index (κ3) is 4.01. The van der Waals surface area contributed by atoms with Crippen molar-refractivity contribution < 1.29 is 14.3 Å². The first-order chi connectivity index (χ1) is 14.5. The van der Waals surface area contributed by atoms with Crippen LogP contribution in [0.15, 0.2) is 53.7 Å². The molecule has 1 aliphatic heterocycles. The number of aryl methyl sites for hydroxylation is 1. The van der Waals surface area contributed by atoms with Gasteiger partial charge < -0.3 is 10.1 Å². The molecule has 2 aromatic carbocycles. The number of carbonyl (C=O) groups excluding carboxylic acids is 2. The predicted molar refractivity (Wildman–Crippen MR) is 118 cm³/mol. The van der Waals surface area contributed by atoms with Crippen molar-refractivity contribution in [3.63, 3.8) is 0 Å². The Balaban J connectivity index is 1.66. The molecule has 0 spiro atoms. The maximum absolute atomic E-state index is 13.2. The molecule has 1 aliphatic carbocycles. The van der Waals surface area contributed by atoms with Crippen LogP contribution in [0.25, 0.3) is 0 Å². The highest BCUT2D eigenvalue weighted by Crippen LogP contribution is 2.43. The second-order valence-corrected chi connectivity index (χ2v) is 8.35. The Kier molecular flexibility index (Phi) is 5.96. The molecule has 1 heterocycles. The average Bonchev–Trinajstić information content (AvgIpc) is 2.74. The lowest BCUT2D eigenvalue weighted by Crippen LogP contribution is -2.38. The lowest BCUT2D eigenvalue weighted by Gasteiger charge is -2.34. The zero-order chi connectivity index (χ0) is 21.3. The Morgan fingerprint density at radius 3 is 2.40 bits per heavy atom. The van der Waals surface area contributed by atoms with Crippen LogP contribution in [0.5, 0.6) is 5.75 Å². The number of rotatable bonds is 5. The smallest absolute Gasteiger partial charge is 0.225 e. The van der Waals surface area contributed by atoms with E-state index < -0.39 is 0 Å². The van der Waals surface area contributed by atoms with Gasteiger partial charge in [0, 0.05) is 30.0 Å². The highest BCUT2D eigenvalue weighted by molar-refractivity contribution is 6.32. The summed E-state index contributed by atoms with van der Waals surface area (Å²) in [5.74, 6) is 0.486. The van der Waals surface area contributed by atoms with E-state index in [1.54, 1.807) is 0 Å². The van der Waals surface area contributed by atoms with Gasteiger partial charge in [0.05, 0.1) is 11.6 Å². The number of carbonyl (C=O) groups is 2. The van der Waals surface area contributed by atoms with E-state index >= 15 is 0 Å². The highest BCUT2D eigenvalue weighted by Gasteiger charge is 2.38. The minimum atomic E-state index is -0.266. The minimum absolute atomic E-state index is 0.0569. The minimum Gasteiger partial charge on any atom is -0.492 e. The van der Waals surface area contributed by atoms with Gasteiger partial charge in [-0.2, -0.15) is 0 Å². The average molecular weight is 424 g/mol. The normalized spacial score (nSPS) is 21.3. The number of nitrogens with one attached hydrogen (secondary N) is 1. The molecule has 0 saturated carbocycles. The van der Waals surface area contributed by atoms with Crippen LogP contribution >= 0.6 is 11.6 Å². The summed E-state index contributed by atoms with van der Waals surface area (Å²) in [6.07, 6.45) is 2.37. The summed E-state index contributed by atoms with van der Waals surface area (Å²) < 4.78 is 5.52. The van der Waals surface area contributed by atoms with Crippen molar-refractivity contribution in [3.05, 3.63) is 75.4 Å². The molecule has 30 heavy (non-hydrogen) atoms. The molecule has 2 unspecified atom stereocenters. The number of ketones is 1. The number of allylic oxidation sites excluding steroid dienone is 2. The van der Waals surface area contributed by atoms with Crippen molar-refractivity contribution in [2.45, 2.75) is 51.4 Å². The standard InChI is InChI=1S/C25H26ClNO3/c1-3-15-5-7-16(8-6-15)18-12-21-25(22(28)13-18)19(14-24(29)27-21)17-9-10-23(30-4-2)20(26)11-17/h5-11,18-19H,3-4,12-14H2,1-2H3,(H,27,29). The maximum atomic E-state index is 13.2. The fourth-order valence-corrected chi connectivity index (χ4v) is 4.76. The molecule has 1 amide bonds. The number of ether oxygens (including phenoxy) is 1. The van der Waals surface area contributed by atoms with E-state index in [4.69, 9.17) is 16.3 Å². The van der Waals surface area contributed by atoms with Gasteiger partial charge in [-0.25, -0.2) is 0 Å². The van der Waals surface area contributed by atoms with Gasteiger partial charge in [0.25, 0.3) is 0 Å². The van der Waals surface area contributed by atoms with Crippen molar-refractivity contribution in [2.75, 3.05) is 6.61 Å². The first-order valence-corrected chi connectivity index (χ1v) is 10.9. The topological polar surface area (TPSA) is 55.4 Å². The summed E-state index contributed by atoms with van der Waals surface area (Å²) in [7, 11) is 0. The molecule has 4 nitrogen and oxygen atoms in total. The van der Waals surface area contributed by atoms with Gasteiger partial charge in [-0.05, 0) is 54.5 Å². The molecule has 4 rings (SSSR count). The van der Waals surface area contributed by atoms with Gasteiger partial charge in [-0.3, -0.25) is 9.59 Å². The molecule has 2 aliphatic rings. The van der Waals surface area contributed by atoms with Crippen LogP contribution in [-0.2, 0) is 16.0 Å². The number of amides is 1. The van der Waals surface area contributed by atoms with E-state index in [1.165, 1.54) is 5.56 Å². The Labute approximate surface area is 182 Å². The molecule has 0 aromatic heterocycles. The lowest BCUT2D eigenvalue weighted by atomic mass is 9.73. The van der Waals surface area contributed by atoms with Crippen LogP contribution in [0.1, 0.15) is 61.6 Å². The van der Waals surface area contributed by atoms with Crippen molar-refractivity contribution in [1.82, 2.24) is 5.32 Å². The SMILES string of the molecule is CCOc1ccc(C2CC(=O)NC3=C2C(=O)CC(c2ccc(CC)cc2)C3)cc1Cl. The summed E-state index contributed by atoms with van der Waals surface area (Å²) in [4.78, 5) is 25.7. The van der Waals surface area contributed by atoms with Gasteiger partial charge in [-0.15, -0.1) is 0 Å². The van der Waals surface area contributed by atoms with E-state index in [0.29, 0.717) is 30.2 Å². The van der Waals surface area contributed by atoms with E-state index in [1.807, 2.05) is 25.1 Å². The third-order valence-electron chi connectivity index (χ3n) is 6.05. The molecule has 2 aromatic rings. The summed E-state index contributed by atoms with van der Waals surface area (Å²) >= 11 is 6.38. The first-order valence-electron chi connectivity index (χ1n) is 10.6. The molecule has 1 N–H and O–H groups in total. The zero-order valence-electron chi connectivity index (χ0n) is 17.3. The lowest BCUT2D eigenvalue weighted by molar-refractivity contribution is -0.122. The van der Waals surface area contributed by atoms with Crippen molar-refractivity contribution in [3.8, 4) is 5.75 Å². The number of halogens is 1. The quantitative estimate of drug-likeness (QED) is 0.709. The van der Waals surface area contributed by atoms with Crippen molar-refractivity contribution in [1.29, 1.82) is 0 Å². The molecular weight excluding hydrogens is 398 g/mol. The number of hydrogen-bond acceptors (Lipinski definition) is 3. The van der Waals surface area contributed by atoms with Crippen LogP contribution in [0.3, 0.4) is 0 Å². The molecule has 2 atom stereocenters. The van der Waals surface area contributed by atoms with E-state index in [-0.39, 0.29) is 29.9 Å². The molecule has 156 valence electrons. The first kappa shape index (κ1) is 20.7. The van der Waals surface area contributed by atoms with Crippen LogP contribution in [0, 0.1) is 0 Å². The van der Waals surface area contributed by atoms with Crippen molar-refractivity contribution in [2.24, 2.45) is 0 Å². The van der Waals surface area contributed by atoms with Gasteiger partial charge >= 0.3 is 0 Å². The predicted octanol–water partition coefficient (Wildman–Crippen LogP) is 5.31. The van der Waals surface area contributed by atoms with Gasteiger partial charge in [0.2, 0.25) is 5.91 Å². The molecule has 0 bridgehead atoms. The largest absolute Gasteiger partial charge is 0.492 e. The van der Waals surface area contributed by atoms with Crippen LogP contribution in [0.4, 0.5) is 0 Å². The fourth-order valence-electron chi connectivity index (χ4n) is 4.51. The molecule has 5 heteroatoms. The van der Waals surface area contributed by atoms with Crippen LogP contribution in [-0.4, -0.2) is 18.3 Å². The second-order valence-electron chi connectivity index (χ2n) is 7.94. The van der Waals surface area contributed by atoms with Crippen LogP contribution < -0.4 is 10.1 Å². The van der Waals surface area contributed by atoms with Crippen molar-refractivity contribution >= 4 is 23.3 Å². The highest BCUT2D eigenvalue weighted by atomic mass is 35.5. The second kappa shape index (κ2) is 8.65. The monoisotopic (exact) mass is 423 g/mol. The Bertz CT molecular complexity index is 1010. The Hall–Kier alpha value is -2.59. The fraction of sp³-hybridized carbons (Fsp3) is 0.360. The van der Waals surface area contributed by atoms with Crippen LogP contribution in [0.2, 0.25) is 5.02 Å². The van der Waals surface area contributed by atoms with Gasteiger partial charge in [0.1, 0.15) is 5.75 Å². The summed E-state index contributed by atoms with van der Waals surface area (Å²) in [5, 5.41) is 3.48. The van der Waals surface area contributed by atoms with Gasteiger partial charge in [-0.1, -0.05) is 48.9 Å². The summed E-state index contributed by atoms with van der Waals surface area (Å²) in [6.45, 7) is 4.56. The molecular formula is C25H26ClNO3. The molecule has 0 fully saturated rings. The zero-order valence-corrected chi connectivity index (χ0v) is 18.1. The Morgan fingerprint density at radius 2 is 1.73 bits per heavy atom. The maximum Gasteiger partial charge on any atom is 0.225 e.